The topological polar surface area (TPSA) is 75.7 Å². The lowest BCUT2D eigenvalue weighted by Crippen LogP contribution is -2.49. The molecule has 0 heterocycles. The quantitative estimate of drug-likeness (QED) is 0.454. The van der Waals surface area contributed by atoms with Crippen molar-refractivity contribution >= 4 is 44.8 Å². The molecule has 0 saturated carbocycles. The number of halogens is 2. The molecule has 2 rings (SSSR count). The van der Waals surface area contributed by atoms with E-state index in [1.807, 2.05) is 26.0 Å². The van der Waals surface area contributed by atoms with Crippen molar-refractivity contribution in [2.75, 3.05) is 17.7 Å². The Labute approximate surface area is 207 Å². The fourth-order valence-electron chi connectivity index (χ4n) is 3.92. The first-order valence-corrected chi connectivity index (χ1v) is 13.3. The van der Waals surface area contributed by atoms with Crippen molar-refractivity contribution in [1.29, 1.82) is 0 Å². The Kier molecular flexibility index (Phi) is 9.08. The standard InChI is InChI=1S/C24H32Cl2N2O4S/c1-8-22(28(33(7,30)31)19-11-17(25)10-18(26)12-19)24(29)27-16(5)21-13-20(14(2)3)23(32-6)9-15(21)4/h9-14,16,22H,8H2,1-7H3,(H,27,29)/t16-,22+/m0/s1. The minimum absolute atomic E-state index is 0.235. The summed E-state index contributed by atoms with van der Waals surface area (Å²) in [5, 5.41) is 3.56. The third-order valence-electron chi connectivity index (χ3n) is 5.50. The number of aryl methyl sites for hydroxylation is 1. The molecule has 9 heteroatoms. The highest BCUT2D eigenvalue weighted by molar-refractivity contribution is 7.92. The molecule has 182 valence electrons. The van der Waals surface area contributed by atoms with E-state index in [2.05, 4.69) is 19.2 Å². The van der Waals surface area contributed by atoms with E-state index in [1.165, 1.54) is 18.2 Å². The summed E-state index contributed by atoms with van der Waals surface area (Å²) in [5.41, 5.74) is 3.20. The molecule has 6 nitrogen and oxygen atoms in total. The number of nitrogens with one attached hydrogen (secondary N) is 1. The maximum absolute atomic E-state index is 13.3. The van der Waals surface area contributed by atoms with Crippen LogP contribution in [0.4, 0.5) is 5.69 Å². The molecule has 0 radical (unpaired) electrons. The summed E-state index contributed by atoms with van der Waals surface area (Å²) < 4.78 is 32.0. The van der Waals surface area contributed by atoms with Gasteiger partial charge in [0, 0.05) is 10.0 Å². The Balaban J connectivity index is 2.42. The normalized spacial score (nSPS) is 13.5. The molecular formula is C24H32Cl2N2O4S. The van der Waals surface area contributed by atoms with Gasteiger partial charge in [0.05, 0.1) is 25.1 Å². The van der Waals surface area contributed by atoms with Crippen LogP contribution in [0.15, 0.2) is 30.3 Å². The van der Waals surface area contributed by atoms with Gasteiger partial charge in [-0.25, -0.2) is 8.42 Å². The summed E-state index contributed by atoms with van der Waals surface area (Å²) in [6, 6.07) is 7.15. The van der Waals surface area contributed by atoms with E-state index in [4.69, 9.17) is 27.9 Å². The molecule has 1 amide bonds. The van der Waals surface area contributed by atoms with Crippen LogP contribution in [0.2, 0.25) is 10.0 Å². The molecule has 0 bridgehead atoms. The van der Waals surface area contributed by atoms with Gasteiger partial charge in [-0.3, -0.25) is 9.10 Å². The van der Waals surface area contributed by atoms with E-state index in [1.54, 1.807) is 14.0 Å². The minimum atomic E-state index is -3.80. The van der Waals surface area contributed by atoms with Gasteiger partial charge in [0.1, 0.15) is 11.8 Å². The largest absolute Gasteiger partial charge is 0.496 e. The molecule has 0 saturated heterocycles. The van der Waals surface area contributed by atoms with Gasteiger partial charge in [0.15, 0.2) is 0 Å². The highest BCUT2D eigenvalue weighted by atomic mass is 35.5. The van der Waals surface area contributed by atoms with E-state index >= 15 is 0 Å². The zero-order valence-corrected chi connectivity index (χ0v) is 22.4. The van der Waals surface area contributed by atoms with E-state index in [9.17, 15) is 13.2 Å². The lowest BCUT2D eigenvalue weighted by Gasteiger charge is -2.31. The van der Waals surface area contributed by atoms with Gasteiger partial charge in [-0.1, -0.05) is 44.0 Å². The van der Waals surface area contributed by atoms with Gasteiger partial charge >= 0.3 is 0 Å². The smallest absolute Gasteiger partial charge is 0.244 e. The first kappa shape index (κ1) is 27.3. The third-order valence-corrected chi connectivity index (χ3v) is 7.11. The highest BCUT2D eigenvalue weighted by Gasteiger charge is 2.33. The molecule has 0 aromatic heterocycles. The van der Waals surface area contributed by atoms with Crippen molar-refractivity contribution in [3.05, 3.63) is 57.1 Å². The van der Waals surface area contributed by atoms with Gasteiger partial charge < -0.3 is 10.1 Å². The van der Waals surface area contributed by atoms with Crippen molar-refractivity contribution in [1.82, 2.24) is 5.32 Å². The molecule has 2 atom stereocenters. The van der Waals surface area contributed by atoms with Crippen LogP contribution < -0.4 is 14.4 Å². The summed E-state index contributed by atoms with van der Waals surface area (Å²) in [7, 11) is -2.17. The van der Waals surface area contributed by atoms with E-state index in [0.29, 0.717) is 0 Å². The predicted octanol–water partition coefficient (Wildman–Crippen LogP) is 5.86. The molecule has 0 fully saturated rings. The Bertz CT molecular complexity index is 1100. The first-order chi connectivity index (χ1) is 15.3. The molecule has 0 spiro atoms. The Morgan fingerprint density at radius 3 is 2.09 bits per heavy atom. The second kappa shape index (κ2) is 11.0. The zero-order valence-electron chi connectivity index (χ0n) is 20.1. The molecule has 2 aromatic carbocycles. The van der Waals surface area contributed by atoms with Crippen molar-refractivity contribution < 1.29 is 17.9 Å². The molecule has 0 aliphatic rings. The maximum atomic E-state index is 13.3. The third kappa shape index (κ3) is 6.55. The number of hydrogen-bond acceptors (Lipinski definition) is 4. The number of anilines is 1. The number of sulfonamides is 1. The van der Waals surface area contributed by atoms with Crippen LogP contribution in [-0.4, -0.2) is 33.7 Å². The number of benzene rings is 2. The Hall–Kier alpha value is -1.96. The Morgan fingerprint density at radius 1 is 1.06 bits per heavy atom. The van der Waals surface area contributed by atoms with E-state index < -0.39 is 22.0 Å². The van der Waals surface area contributed by atoms with Gasteiger partial charge in [-0.05, 0) is 73.2 Å². The number of carbonyl (C=O) groups is 1. The maximum Gasteiger partial charge on any atom is 0.244 e. The molecule has 0 aliphatic heterocycles. The number of nitrogens with zero attached hydrogens (tertiary/aromatic N) is 1. The van der Waals surface area contributed by atoms with Crippen molar-refractivity contribution in [2.45, 2.75) is 59.0 Å². The number of ether oxygens (including phenoxy) is 1. The summed E-state index contributed by atoms with van der Waals surface area (Å²) in [6.07, 6.45) is 1.32. The molecule has 2 aromatic rings. The molecule has 0 aliphatic carbocycles. The fourth-order valence-corrected chi connectivity index (χ4v) is 5.63. The minimum Gasteiger partial charge on any atom is -0.496 e. The van der Waals surface area contributed by atoms with Crippen molar-refractivity contribution in [3.8, 4) is 5.75 Å². The van der Waals surface area contributed by atoms with Crippen LogP contribution in [0, 0.1) is 6.92 Å². The zero-order chi connectivity index (χ0) is 25.1. The van der Waals surface area contributed by atoms with Crippen LogP contribution in [0.3, 0.4) is 0 Å². The van der Waals surface area contributed by atoms with Gasteiger partial charge in [-0.15, -0.1) is 0 Å². The van der Waals surface area contributed by atoms with Gasteiger partial charge in [0.2, 0.25) is 15.9 Å². The highest BCUT2D eigenvalue weighted by Crippen LogP contribution is 2.33. The van der Waals surface area contributed by atoms with Crippen LogP contribution in [0.25, 0.3) is 0 Å². The van der Waals surface area contributed by atoms with Crippen LogP contribution >= 0.6 is 23.2 Å². The molecular weight excluding hydrogens is 483 g/mol. The predicted molar refractivity (Wildman–Crippen MR) is 136 cm³/mol. The molecule has 0 unspecified atom stereocenters. The summed E-state index contributed by atoms with van der Waals surface area (Å²) in [4.78, 5) is 13.3. The number of amides is 1. The number of hydrogen-bond donors (Lipinski definition) is 1. The van der Waals surface area contributed by atoms with E-state index in [0.717, 1.165) is 33.0 Å². The average Bonchev–Trinajstić information content (AvgIpc) is 2.69. The second-order valence-electron chi connectivity index (χ2n) is 8.45. The lowest BCUT2D eigenvalue weighted by molar-refractivity contribution is -0.122. The first-order valence-electron chi connectivity index (χ1n) is 10.7. The van der Waals surface area contributed by atoms with Crippen LogP contribution in [-0.2, 0) is 14.8 Å². The summed E-state index contributed by atoms with van der Waals surface area (Å²) >= 11 is 12.2. The van der Waals surface area contributed by atoms with Gasteiger partial charge in [-0.2, -0.15) is 0 Å². The number of rotatable bonds is 9. The van der Waals surface area contributed by atoms with Crippen molar-refractivity contribution in [3.63, 3.8) is 0 Å². The second-order valence-corrected chi connectivity index (χ2v) is 11.2. The average molecular weight is 516 g/mol. The van der Waals surface area contributed by atoms with Crippen molar-refractivity contribution in [2.24, 2.45) is 0 Å². The fraction of sp³-hybridized carbons (Fsp3) is 0.458. The monoisotopic (exact) mass is 514 g/mol. The summed E-state index contributed by atoms with van der Waals surface area (Å²) in [5.74, 6) is 0.629. The van der Waals surface area contributed by atoms with Crippen LogP contribution in [0.5, 0.6) is 5.75 Å². The van der Waals surface area contributed by atoms with E-state index in [-0.39, 0.29) is 34.1 Å². The molecule has 1 N–H and O–H groups in total. The van der Waals surface area contributed by atoms with Gasteiger partial charge in [0.25, 0.3) is 0 Å². The lowest BCUT2D eigenvalue weighted by atomic mass is 9.93. The SMILES string of the molecule is CC[C@H](C(=O)N[C@@H](C)c1cc(C(C)C)c(OC)cc1C)N(c1cc(Cl)cc(Cl)c1)S(C)(=O)=O. The van der Waals surface area contributed by atoms with Crippen LogP contribution in [0.1, 0.15) is 62.8 Å². The summed E-state index contributed by atoms with van der Waals surface area (Å²) in [6.45, 7) is 9.75. The molecule has 33 heavy (non-hydrogen) atoms. The number of methoxy groups -OCH3 is 1. The number of carbonyl (C=O) groups excluding carboxylic acids is 1. The Morgan fingerprint density at radius 2 is 1.64 bits per heavy atom.